The molecule has 0 aliphatic carbocycles. The minimum Gasteiger partial charge on any atom is -0.467 e. The van der Waals surface area contributed by atoms with Crippen molar-refractivity contribution in [1.29, 1.82) is 0 Å². The van der Waals surface area contributed by atoms with Gasteiger partial charge in [-0.1, -0.05) is 37.2 Å². The van der Waals surface area contributed by atoms with Crippen LogP contribution in [-0.4, -0.2) is 44.0 Å². The molecule has 0 aromatic carbocycles. The van der Waals surface area contributed by atoms with Gasteiger partial charge in [0.05, 0.1) is 23.1 Å². The van der Waals surface area contributed by atoms with Crippen molar-refractivity contribution in [1.82, 2.24) is 19.7 Å². The number of anilines is 2. The Hall–Kier alpha value is -2.52. The first-order valence-electron chi connectivity index (χ1n) is 10.7. The van der Waals surface area contributed by atoms with Crippen LogP contribution >= 0.6 is 23.4 Å². The Morgan fingerprint density at radius 2 is 2.06 bits per heavy atom. The quantitative estimate of drug-likeness (QED) is 0.501. The Labute approximate surface area is 196 Å². The van der Waals surface area contributed by atoms with Gasteiger partial charge in [0, 0.05) is 19.3 Å². The molecule has 0 saturated carbocycles. The third kappa shape index (κ3) is 5.45. The first-order valence-corrected chi connectivity index (χ1v) is 11.9. The molecule has 0 bridgehead atoms. The van der Waals surface area contributed by atoms with Crippen LogP contribution in [0.1, 0.15) is 33.0 Å². The fourth-order valence-corrected chi connectivity index (χ4v) is 4.97. The first kappa shape index (κ1) is 22.7. The van der Waals surface area contributed by atoms with Crippen molar-refractivity contribution in [3.8, 4) is 0 Å². The maximum Gasteiger partial charge on any atom is 0.238 e. The lowest BCUT2D eigenvalue weighted by atomic mass is 9.92. The molecule has 3 unspecified atom stereocenters. The lowest BCUT2D eigenvalue weighted by Crippen LogP contribution is -2.40. The van der Waals surface area contributed by atoms with Gasteiger partial charge < -0.3 is 14.6 Å². The predicted octanol–water partition coefficient (Wildman–Crippen LogP) is 4.57. The Morgan fingerprint density at radius 1 is 1.28 bits per heavy atom. The molecule has 1 fully saturated rings. The second-order valence-electron chi connectivity index (χ2n) is 8.41. The zero-order valence-corrected chi connectivity index (χ0v) is 19.9. The fraction of sp³-hybridized carbons (Fsp3) is 0.455. The standard InChI is InChI=1S/C22H27ClN6O2S/c1-14-9-15(2)12-28(11-14)21-26-27-22(29(21)13-18-5-4-8-31-18)32-16(3)20(30)25-19-7-6-17(23)10-24-19/h4-8,10,14-16H,9,11-13H2,1-3H3,(H,24,25,30). The molecule has 0 spiro atoms. The number of piperidine rings is 1. The van der Waals surface area contributed by atoms with Gasteiger partial charge in [0.1, 0.15) is 11.6 Å². The molecular formula is C22H27ClN6O2S. The van der Waals surface area contributed by atoms with Crippen molar-refractivity contribution in [2.24, 2.45) is 11.8 Å². The number of nitrogens with zero attached hydrogens (tertiary/aromatic N) is 5. The number of rotatable bonds is 7. The summed E-state index contributed by atoms with van der Waals surface area (Å²) >= 11 is 7.23. The number of carbonyl (C=O) groups excluding carboxylic acids is 1. The van der Waals surface area contributed by atoms with Gasteiger partial charge >= 0.3 is 0 Å². The molecule has 4 rings (SSSR count). The van der Waals surface area contributed by atoms with Gasteiger partial charge in [-0.2, -0.15) is 0 Å². The van der Waals surface area contributed by atoms with Crippen molar-refractivity contribution >= 4 is 41.0 Å². The average molecular weight is 475 g/mol. The summed E-state index contributed by atoms with van der Waals surface area (Å²) in [7, 11) is 0. The highest BCUT2D eigenvalue weighted by Gasteiger charge is 2.28. The molecule has 170 valence electrons. The van der Waals surface area contributed by atoms with E-state index in [4.69, 9.17) is 16.0 Å². The minimum atomic E-state index is -0.404. The highest BCUT2D eigenvalue weighted by Crippen LogP contribution is 2.30. The van der Waals surface area contributed by atoms with Crippen LogP contribution < -0.4 is 10.2 Å². The van der Waals surface area contributed by atoms with Gasteiger partial charge in [0.15, 0.2) is 5.16 Å². The number of thioether (sulfide) groups is 1. The lowest BCUT2D eigenvalue weighted by molar-refractivity contribution is -0.115. The number of aromatic nitrogens is 4. The zero-order chi connectivity index (χ0) is 22.7. The molecule has 1 aliphatic heterocycles. The number of amides is 1. The summed E-state index contributed by atoms with van der Waals surface area (Å²) in [6.07, 6.45) is 4.37. The molecule has 8 nitrogen and oxygen atoms in total. The summed E-state index contributed by atoms with van der Waals surface area (Å²) in [5.74, 6) is 3.09. The maximum absolute atomic E-state index is 12.7. The van der Waals surface area contributed by atoms with E-state index >= 15 is 0 Å². The van der Waals surface area contributed by atoms with E-state index in [0.717, 1.165) is 24.8 Å². The van der Waals surface area contributed by atoms with E-state index in [9.17, 15) is 4.79 Å². The molecule has 1 saturated heterocycles. The van der Waals surface area contributed by atoms with Crippen molar-refractivity contribution in [3.63, 3.8) is 0 Å². The molecule has 1 aliphatic rings. The molecule has 1 amide bonds. The summed E-state index contributed by atoms with van der Waals surface area (Å²) in [4.78, 5) is 19.2. The summed E-state index contributed by atoms with van der Waals surface area (Å²) in [5.41, 5.74) is 0. The third-order valence-electron chi connectivity index (χ3n) is 5.37. The number of carbonyl (C=O) groups is 1. The van der Waals surface area contributed by atoms with E-state index in [2.05, 4.69) is 39.2 Å². The van der Waals surface area contributed by atoms with E-state index < -0.39 is 5.25 Å². The Bertz CT molecular complexity index is 1030. The van der Waals surface area contributed by atoms with Crippen LogP contribution in [0.25, 0.3) is 0 Å². The van der Waals surface area contributed by atoms with Crippen LogP contribution in [0.15, 0.2) is 46.3 Å². The van der Waals surface area contributed by atoms with Crippen LogP contribution in [0, 0.1) is 11.8 Å². The second-order valence-corrected chi connectivity index (χ2v) is 10.2. The molecular weight excluding hydrogens is 448 g/mol. The number of halogens is 1. The van der Waals surface area contributed by atoms with Gasteiger partial charge in [-0.15, -0.1) is 10.2 Å². The Balaban J connectivity index is 1.53. The van der Waals surface area contributed by atoms with Gasteiger partial charge in [-0.05, 0) is 49.4 Å². The number of hydrogen-bond donors (Lipinski definition) is 1. The van der Waals surface area contributed by atoms with Crippen molar-refractivity contribution < 1.29 is 9.21 Å². The monoisotopic (exact) mass is 474 g/mol. The van der Waals surface area contributed by atoms with Gasteiger partial charge in [0.25, 0.3) is 0 Å². The van der Waals surface area contributed by atoms with E-state index in [-0.39, 0.29) is 5.91 Å². The number of pyridine rings is 1. The third-order valence-corrected chi connectivity index (χ3v) is 6.68. The predicted molar refractivity (Wildman–Crippen MR) is 126 cm³/mol. The van der Waals surface area contributed by atoms with Crippen LogP contribution in [0.5, 0.6) is 0 Å². The first-order chi connectivity index (χ1) is 15.4. The molecule has 0 radical (unpaired) electrons. The van der Waals surface area contributed by atoms with Gasteiger partial charge in [-0.25, -0.2) is 4.98 Å². The van der Waals surface area contributed by atoms with E-state index in [0.29, 0.717) is 34.4 Å². The Kier molecular flexibility index (Phi) is 7.05. The largest absolute Gasteiger partial charge is 0.467 e. The molecule has 4 heterocycles. The van der Waals surface area contributed by atoms with Crippen LogP contribution in [-0.2, 0) is 11.3 Å². The summed E-state index contributed by atoms with van der Waals surface area (Å²) < 4.78 is 7.63. The number of hydrogen-bond acceptors (Lipinski definition) is 7. The lowest BCUT2D eigenvalue weighted by Gasteiger charge is -2.35. The van der Waals surface area contributed by atoms with Crippen molar-refractivity contribution in [3.05, 3.63) is 47.5 Å². The second kappa shape index (κ2) is 9.95. The van der Waals surface area contributed by atoms with Crippen LogP contribution in [0.2, 0.25) is 5.02 Å². The highest BCUT2D eigenvalue weighted by molar-refractivity contribution is 8.00. The highest BCUT2D eigenvalue weighted by atomic mass is 35.5. The van der Waals surface area contributed by atoms with E-state index in [1.165, 1.54) is 24.4 Å². The molecule has 3 aromatic heterocycles. The zero-order valence-electron chi connectivity index (χ0n) is 18.4. The smallest absolute Gasteiger partial charge is 0.238 e. The van der Waals surface area contributed by atoms with Gasteiger partial charge in [-0.3, -0.25) is 9.36 Å². The summed E-state index contributed by atoms with van der Waals surface area (Å²) in [6.45, 7) is 8.75. The molecule has 3 atom stereocenters. The number of furan rings is 1. The molecule has 3 aromatic rings. The summed E-state index contributed by atoms with van der Waals surface area (Å²) in [6, 6.07) is 7.16. The maximum atomic E-state index is 12.7. The van der Waals surface area contributed by atoms with Crippen LogP contribution in [0.4, 0.5) is 11.8 Å². The van der Waals surface area contributed by atoms with Crippen molar-refractivity contribution in [2.75, 3.05) is 23.3 Å². The van der Waals surface area contributed by atoms with Crippen LogP contribution in [0.3, 0.4) is 0 Å². The van der Waals surface area contributed by atoms with Gasteiger partial charge in [0.2, 0.25) is 11.9 Å². The Morgan fingerprint density at radius 3 is 2.72 bits per heavy atom. The molecule has 10 heteroatoms. The SMILES string of the molecule is CC1CC(C)CN(c2nnc(SC(C)C(=O)Nc3ccc(Cl)cn3)n2Cc2ccco2)C1. The van der Waals surface area contributed by atoms with E-state index in [1.807, 2.05) is 23.6 Å². The average Bonchev–Trinajstić information content (AvgIpc) is 3.40. The topological polar surface area (TPSA) is 89.1 Å². The normalized spacial score (nSPS) is 19.7. The minimum absolute atomic E-state index is 0.167. The summed E-state index contributed by atoms with van der Waals surface area (Å²) in [5, 5.41) is 12.6. The van der Waals surface area contributed by atoms with Crippen molar-refractivity contribution in [2.45, 2.75) is 44.1 Å². The molecule has 32 heavy (non-hydrogen) atoms. The number of nitrogens with one attached hydrogen (secondary N) is 1. The fourth-order valence-electron chi connectivity index (χ4n) is 4.01. The van der Waals surface area contributed by atoms with E-state index in [1.54, 1.807) is 18.4 Å². The molecule has 1 N–H and O–H groups in total.